The third-order valence-corrected chi connectivity index (χ3v) is 6.26. The number of hydrogen-bond acceptors (Lipinski definition) is 4. The largest absolute Gasteiger partial charge is 0.457 e. The number of rotatable bonds is 2. The molecule has 2 aliphatic rings. The van der Waals surface area contributed by atoms with E-state index in [1.165, 1.54) is 12.1 Å². The zero-order chi connectivity index (χ0) is 17.8. The van der Waals surface area contributed by atoms with Crippen LogP contribution in [0.5, 0.6) is 0 Å². The summed E-state index contributed by atoms with van der Waals surface area (Å²) in [5, 5.41) is 0. The van der Waals surface area contributed by atoms with Crippen LogP contribution in [-0.4, -0.2) is 26.7 Å². The van der Waals surface area contributed by atoms with E-state index in [9.17, 15) is 22.0 Å². The van der Waals surface area contributed by atoms with Gasteiger partial charge in [-0.1, -0.05) is 12.1 Å². The number of halogens is 2. The minimum atomic E-state index is -3.24. The highest BCUT2D eigenvalue weighted by atomic mass is 32.2. The fraction of sp³-hybridized carbons (Fsp3) is 0.167. The summed E-state index contributed by atoms with van der Waals surface area (Å²) in [5.41, 5.74) is 2.25. The Labute approximate surface area is 142 Å². The van der Waals surface area contributed by atoms with Gasteiger partial charge in [-0.2, -0.15) is 0 Å². The van der Waals surface area contributed by atoms with Gasteiger partial charge in [0.25, 0.3) is 0 Å². The number of carbonyl (C=O) groups is 1. The maximum absolute atomic E-state index is 13.5. The Morgan fingerprint density at radius 1 is 0.960 bits per heavy atom. The van der Waals surface area contributed by atoms with Gasteiger partial charge in [0.2, 0.25) is 0 Å². The molecule has 0 spiro atoms. The Morgan fingerprint density at radius 2 is 1.72 bits per heavy atom. The minimum absolute atomic E-state index is 0.00129. The van der Waals surface area contributed by atoms with Gasteiger partial charge in [-0.25, -0.2) is 22.0 Å². The molecule has 0 fully saturated rings. The van der Waals surface area contributed by atoms with Crippen LogP contribution in [0.2, 0.25) is 0 Å². The number of fused-ring (bicyclic) bond motifs is 1. The van der Waals surface area contributed by atoms with Crippen LogP contribution < -0.4 is 0 Å². The highest BCUT2D eigenvalue weighted by Gasteiger charge is 2.30. The summed E-state index contributed by atoms with van der Waals surface area (Å²) in [6.45, 7) is -0.00129. The second-order valence-corrected chi connectivity index (χ2v) is 8.03. The van der Waals surface area contributed by atoms with E-state index >= 15 is 0 Å². The zero-order valence-electron chi connectivity index (χ0n) is 12.9. The van der Waals surface area contributed by atoms with Crippen LogP contribution in [0.3, 0.4) is 0 Å². The van der Waals surface area contributed by atoms with Crippen LogP contribution in [0.4, 0.5) is 8.78 Å². The second kappa shape index (κ2) is 5.49. The van der Waals surface area contributed by atoms with E-state index in [1.54, 1.807) is 12.1 Å². The van der Waals surface area contributed by atoms with Gasteiger partial charge in [-0.3, -0.25) is 0 Å². The monoisotopic (exact) mass is 362 g/mol. The van der Waals surface area contributed by atoms with E-state index in [-0.39, 0.29) is 23.5 Å². The first-order valence-electron chi connectivity index (χ1n) is 7.58. The van der Waals surface area contributed by atoms with Gasteiger partial charge < -0.3 is 4.74 Å². The van der Waals surface area contributed by atoms with Crippen molar-refractivity contribution in [1.29, 1.82) is 0 Å². The normalized spacial score (nSPS) is 18.4. The molecule has 2 aromatic rings. The topological polar surface area (TPSA) is 60.4 Å². The van der Waals surface area contributed by atoms with Gasteiger partial charge >= 0.3 is 5.97 Å². The molecule has 0 radical (unpaired) electrons. The van der Waals surface area contributed by atoms with E-state index in [4.69, 9.17) is 4.74 Å². The van der Waals surface area contributed by atoms with Crippen LogP contribution in [0.15, 0.2) is 41.3 Å². The minimum Gasteiger partial charge on any atom is -0.457 e. The molecule has 2 aromatic carbocycles. The molecule has 2 aliphatic heterocycles. The van der Waals surface area contributed by atoms with E-state index in [1.807, 2.05) is 0 Å². The fourth-order valence-electron chi connectivity index (χ4n) is 3.20. The van der Waals surface area contributed by atoms with E-state index in [0.29, 0.717) is 28.0 Å². The third-order valence-electron chi connectivity index (χ3n) is 4.45. The quantitative estimate of drug-likeness (QED) is 0.771. The Kier molecular flexibility index (Phi) is 3.50. The van der Waals surface area contributed by atoms with E-state index < -0.39 is 27.4 Å². The Hall–Kier alpha value is -2.54. The molecule has 0 saturated heterocycles. The molecule has 25 heavy (non-hydrogen) atoms. The van der Waals surface area contributed by atoms with Crippen molar-refractivity contribution >= 4 is 27.0 Å². The van der Waals surface area contributed by atoms with Gasteiger partial charge in [-0.15, -0.1) is 0 Å². The number of sulfone groups is 1. The molecule has 0 bridgehead atoms. The molecule has 2 heterocycles. The SMILES string of the molecule is O=C1OCC(c2ccc3c(c2)CCS3(=O)=O)=C1c1ccc(F)c(F)c1. The first kappa shape index (κ1) is 16.0. The highest BCUT2D eigenvalue weighted by molar-refractivity contribution is 7.91. The third kappa shape index (κ3) is 2.55. The number of esters is 1. The van der Waals surface area contributed by atoms with Crippen molar-refractivity contribution in [3.63, 3.8) is 0 Å². The summed E-state index contributed by atoms with van der Waals surface area (Å²) in [5.74, 6) is -2.60. The first-order chi connectivity index (χ1) is 11.9. The summed E-state index contributed by atoms with van der Waals surface area (Å²) in [6.07, 6.45) is 0.411. The van der Waals surface area contributed by atoms with Gasteiger partial charge in [0, 0.05) is 5.57 Å². The number of benzene rings is 2. The van der Waals surface area contributed by atoms with Gasteiger partial charge in [-0.05, 0) is 47.4 Å². The van der Waals surface area contributed by atoms with Crippen LogP contribution in [0.1, 0.15) is 16.7 Å². The lowest BCUT2D eigenvalue weighted by Crippen LogP contribution is -2.00. The molecule has 0 amide bonds. The Bertz CT molecular complexity index is 1050. The van der Waals surface area contributed by atoms with Crippen molar-refractivity contribution in [2.24, 2.45) is 0 Å². The predicted molar refractivity (Wildman–Crippen MR) is 86.3 cm³/mol. The highest BCUT2D eigenvalue weighted by Crippen LogP contribution is 2.36. The first-order valence-corrected chi connectivity index (χ1v) is 9.24. The smallest absolute Gasteiger partial charge is 0.339 e. The molecule has 0 saturated carbocycles. The maximum atomic E-state index is 13.5. The van der Waals surface area contributed by atoms with Crippen molar-refractivity contribution in [2.75, 3.05) is 12.4 Å². The summed E-state index contributed by atoms with van der Waals surface area (Å²) < 4.78 is 55.6. The average Bonchev–Trinajstić information content (AvgIpc) is 3.10. The molecular formula is C18H12F2O4S. The summed E-state index contributed by atoms with van der Waals surface area (Å²) in [6, 6.07) is 8.07. The lowest BCUT2D eigenvalue weighted by molar-refractivity contribution is -0.133. The van der Waals surface area contributed by atoms with Crippen LogP contribution in [-0.2, 0) is 25.8 Å². The van der Waals surface area contributed by atoms with Gasteiger partial charge in [0.15, 0.2) is 21.5 Å². The van der Waals surface area contributed by atoms with Crippen LogP contribution in [0, 0.1) is 11.6 Å². The summed E-state index contributed by atoms with van der Waals surface area (Å²) >= 11 is 0. The van der Waals surface area contributed by atoms with Crippen molar-refractivity contribution in [2.45, 2.75) is 11.3 Å². The van der Waals surface area contributed by atoms with Gasteiger partial charge in [0.05, 0.1) is 16.2 Å². The fourth-order valence-corrected chi connectivity index (χ4v) is 4.74. The van der Waals surface area contributed by atoms with Crippen LogP contribution >= 0.6 is 0 Å². The van der Waals surface area contributed by atoms with Gasteiger partial charge in [0.1, 0.15) is 6.61 Å². The van der Waals surface area contributed by atoms with Crippen molar-refractivity contribution in [3.05, 3.63) is 64.7 Å². The summed E-state index contributed by atoms with van der Waals surface area (Å²) in [7, 11) is -3.24. The Morgan fingerprint density at radius 3 is 2.48 bits per heavy atom. The zero-order valence-corrected chi connectivity index (χ0v) is 13.7. The predicted octanol–water partition coefficient (Wildman–Crippen LogP) is 2.76. The van der Waals surface area contributed by atoms with Crippen LogP contribution in [0.25, 0.3) is 11.1 Å². The molecule has 0 aromatic heterocycles. The molecule has 4 rings (SSSR count). The summed E-state index contributed by atoms with van der Waals surface area (Å²) in [4.78, 5) is 12.4. The number of cyclic esters (lactones) is 1. The molecule has 0 atom stereocenters. The molecule has 0 N–H and O–H groups in total. The molecule has 4 nitrogen and oxygen atoms in total. The second-order valence-electron chi connectivity index (χ2n) is 5.95. The number of hydrogen-bond donors (Lipinski definition) is 0. The Balaban J connectivity index is 1.86. The van der Waals surface area contributed by atoms with Crippen molar-refractivity contribution in [3.8, 4) is 0 Å². The van der Waals surface area contributed by atoms with E-state index in [0.717, 1.165) is 12.1 Å². The maximum Gasteiger partial charge on any atom is 0.339 e. The molecule has 0 unspecified atom stereocenters. The number of ether oxygens (including phenoxy) is 1. The molecule has 128 valence electrons. The number of aryl methyl sites for hydroxylation is 1. The standard InChI is InChI=1S/C18H12F2O4S/c19-14-3-1-12(8-15(14)20)17-13(9-24-18(17)21)10-2-4-16-11(7-10)5-6-25(16,22)23/h1-4,7-8H,5-6,9H2. The lowest BCUT2D eigenvalue weighted by Gasteiger charge is -2.07. The van der Waals surface area contributed by atoms with Crippen molar-refractivity contribution < 1.29 is 26.7 Å². The lowest BCUT2D eigenvalue weighted by atomic mass is 9.95. The number of carbonyl (C=O) groups excluding carboxylic acids is 1. The van der Waals surface area contributed by atoms with Crippen molar-refractivity contribution in [1.82, 2.24) is 0 Å². The average molecular weight is 362 g/mol. The molecular weight excluding hydrogens is 350 g/mol. The molecule has 7 heteroatoms. The molecule has 0 aliphatic carbocycles. The van der Waals surface area contributed by atoms with E-state index in [2.05, 4.69) is 0 Å².